The summed E-state index contributed by atoms with van der Waals surface area (Å²) in [5.74, 6) is -0.737. The average Bonchev–Trinajstić information content (AvgIpc) is 3.37. The van der Waals surface area contributed by atoms with Crippen molar-refractivity contribution >= 4 is 39.7 Å². The van der Waals surface area contributed by atoms with Gasteiger partial charge in [0.1, 0.15) is 12.2 Å². The van der Waals surface area contributed by atoms with Gasteiger partial charge in [-0.1, -0.05) is 78.9 Å². The van der Waals surface area contributed by atoms with Gasteiger partial charge in [-0.2, -0.15) is 137 Å². The van der Waals surface area contributed by atoms with Crippen molar-refractivity contribution in [3.63, 3.8) is 0 Å². The summed E-state index contributed by atoms with van der Waals surface area (Å²) >= 11 is 0. The van der Waals surface area contributed by atoms with Gasteiger partial charge in [0.25, 0.3) is 5.69 Å². The van der Waals surface area contributed by atoms with E-state index in [1.165, 1.54) is 4.57 Å². The summed E-state index contributed by atoms with van der Waals surface area (Å²) in [6, 6.07) is 6.71. The number of esters is 1. The quantitative estimate of drug-likeness (QED) is 0.0475. The second-order valence-corrected chi connectivity index (χ2v) is 16.5. The SMILES string of the molecule is FC(F)(F)c1cc([B-](c2cc(C(F)(F)F)cc(C(F)(F)F)c2)(c2cc(C(F)(F)F)cc(C(F)(F)F)c2)c2cc(C(F)(F)F)cc(C(F)(F)F)c2)cc(C(F)(F)F)c1.N#CCOC(=O)c1cccc[n+]1CC(=O)c1ccccc1. The molecular weight excluding hydrogens is 1120 g/mol. The van der Waals surface area contributed by atoms with Crippen molar-refractivity contribution in [3.8, 4) is 6.07 Å². The third-order valence-electron chi connectivity index (χ3n) is 11.3. The third kappa shape index (κ3) is 14.2. The predicted molar refractivity (Wildman–Crippen MR) is 223 cm³/mol. The first kappa shape index (κ1) is 61.1. The normalized spacial score (nSPS) is 13.1. The first-order valence-electron chi connectivity index (χ1n) is 20.9. The Bertz CT molecular complexity index is 2780. The summed E-state index contributed by atoms with van der Waals surface area (Å²) in [5.41, 5.74) is -29.4. The number of nitriles is 1. The van der Waals surface area contributed by atoms with Crippen LogP contribution in [0.15, 0.2) is 128 Å². The molecule has 0 saturated carbocycles. The van der Waals surface area contributed by atoms with Crippen LogP contribution in [0.1, 0.15) is 65.4 Å². The van der Waals surface area contributed by atoms with Crippen molar-refractivity contribution in [3.05, 3.63) is 183 Å². The molecule has 0 amide bonds. The predicted octanol–water partition coefficient (Wildman–Crippen LogP) is 12.8. The van der Waals surface area contributed by atoms with Crippen LogP contribution in [0, 0.1) is 11.3 Å². The second-order valence-electron chi connectivity index (χ2n) is 16.5. The highest BCUT2D eigenvalue weighted by Crippen LogP contribution is 2.41. The Morgan fingerprint density at radius 1 is 0.410 bits per heavy atom. The maximum absolute atomic E-state index is 14.2. The lowest BCUT2D eigenvalue weighted by molar-refractivity contribution is -0.685. The van der Waals surface area contributed by atoms with E-state index in [1.807, 2.05) is 6.07 Å². The maximum Gasteiger partial charge on any atom is 0.416 e. The molecular formula is C48H25BF24N2O3. The van der Waals surface area contributed by atoms with Gasteiger partial charge >= 0.3 is 55.4 Å². The van der Waals surface area contributed by atoms with Crippen LogP contribution in [0.25, 0.3) is 0 Å². The van der Waals surface area contributed by atoms with E-state index >= 15 is 0 Å². The van der Waals surface area contributed by atoms with E-state index in [4.69, 9.17) is 10.00 Å². The molecule has 5 nitrogen and oxygen atoms in total. The highest BCUT2D eigenvalue weighted by atomic mass is 19.4. The van der Waals surface area contributed by atoms with Crippen molar-refractivity contribution in [2.75, 3.05) is 6.61 Å². The van der Waals surface area contributed by atoms with Gasteiger partial charge in [0.2, 0.25) is 12.3 Å². The van der Waals surface area contributed by atoms with Gasteiger partial charge in [-0.15, -0.1) is 0 Å². The Kier molecular flexibility index (Phi) is 16.9. The number of alkyl halides is 24. The molecule has 78 heavy (non-hydrogen) atoms. The van der Waals surface area contributed by atoms with E-state index in [-0.39, 0.29) is 24.6 Å². The number of aromatic nitrogens is 1. The Hall–Kier alpha value is -7.74. The summed E-state index contributed by atoms with van der Waals surface area (Å²) in [7, 11) is 0. The fourth-order valence-electron chi connectivity index (χ4n) is 7.91. The molecule has 6 rings (SSSR count). The minimum Gasteiger partial charge on any atom is -0.442 e. The third-order valence-corrected chi connectivity index (χ3v) is 11.3. The van der Waals surface area contributed by atoms with Crippen LogP contribution in [0.5, 0.6) is 0 Å². The Morgan fingerprint density at radius 3 is 0.936 bits per heavy atom. The Morgan fingerprint density at radius 2 is 0.679 bits per heavy atom. The van der Waals surface area contributed by atoms with Crippen molar-refractivity contribution in [2.45, 2.75) is 56.0 Å². The van der Waals surface area contributed by atoms with Gasteiger partial charge < -0.3 is 4.74 Å². The van der Waals surface area contributed by atoms with Crippen LogP contribution >= 0.6 is 0 Å². The van der Waals surface area contributed by atoms with Gasteiger partial charge in [0.15, 0.2) is 12.8 Å². The number of carbonyl (C=O) groups excluding carboxylic acids is 2. The van der Waals surface area contributed by atoms with Crippen LogP contribution in [0.2, 0.25) is 0 Å². The molecule has 0 aliphatic carbocycles. The van der Waals surface area contributed by atoms with Gasteiger partial charge in [-0.05, 0) is 30.3 Å². The number of ether oxygens (including phenoxy) is 1. The minimum atomic E-state index is -6.13. The van der Waals surface area contributed by atoms with E-state index in [1.54, 1.807) is 54.7 Å². The molecule has 6 aromatic rings. The van der Waals surface area contributed by atoms with Crippen LogP contribution in [-0.2, 0) is 60.7 Å². The molecule has 416 valence electrons. The molecule has 0 radical (unpaired) electrons. The molecule has 0 aliphatic heterocycles. The number of halogens is 24. The van der Waals surface area contributed by atoms with E-state index < -0.39 is 201 Å². The Balaban J connectivity index is 0.000000443. The molecule has 0 aliphatic rings. The summed E-state index contributed by atoms with van der Waals surface area (Å²) < 4.78 is 347. The highest BCUT2D eigenvalue weighted by molar-refractivity contribution is 7.20. The van der Waals surface area contributed by atoms with Crippen molar-refractivity contribution < 1.29 is 124 Å². The highest BCUT2D eigenvalue weighted by Gasteiger charge is 2.47. The number of ketones is 1. The van der Waals surface area contributed by atoms with Crippen LogP contribution in [0.3, 0.4) is 0 Å². The zero-order chi connectivity index (χ0) is 59.0. The molecule has 0 fully saturated rings. The average molecular weight is 1140 g/mol. The topological polar surface area (TPSA) is 71.0 Å². The van der Waals surface area contributed by atoms with Gasteiger partial charge in [-0.25, -0.2) is 4.79 Å². The number of nitrogens with zero attached hydrogens (tertiary/aromatic N) is 2. The Labute approximate surface area is 420 Å². The van der Waals surface area contributed by atoms with Crippen molar-refractivity contribution in [1.29, 1.82) is 5.26 Å². The molecule has 0 bridgehead atoms. The standard InChI is InChI=1S/C32H12BF24.C16H13N2O3/c34-25(35,36)13-1-14(26(37,38)39)6-21(5-13)33(22-7-15(27(40,41)42)2-16(8-22)28(43,44)45,23-9-17(29(46,47)48)3-18(10-23)30(49,50)51)24-11-19(31(52,53)54)4-20(12-24)32(55,56)57;17-9-11-21-16(20)14-8-4-5-10-18(14)12-15(19)13-6-2-1-3-7-13/h1-12H;1-8,10H,11-12H2/q-1;+1. The van der Waals surface area contributed by atoms with E-state index in [0.717, 1.165) is 0 Å². The zero-order valence-electron chi connectivity index (χ0n) is 37.8. The summed E-state index contributed by atoms with van der Waals surface area (Å²) in [6.45, 7) is -0.289. The van der Waals surface area contributed by atoms with Crippen LogP contribution in [-0.4, -0.2) is 24.5 Å². The fourth-order valence-corrected chi connectivity index (χ4v) is 7.91. The first-order chi connectivity index (χ1) is 35.5. The van der Waals surface area contributed by atoms with Crippen LogP contribution in [0.4, 0.5) is 105 Å². The molecule has 0 spiro atoms. The molecule has 0 unspecified atom stereocenters. The molecule has 30 heteroatoms. The molecule has 1 heterocycles. The molecule has 0 N–H and O–H groups in total. The monoisotopic (exact) mass is 1140 g/mol. The number of rotatable bonds is 9. The fraction of sp³-hybridized carbons (Fsp3) is 0.208. The minimum absolute atomic E-state index is 0.0296. The second kappa shape index (κ2) is 21.6. The summed E-state index contributed by atoms with van der Waals surface area (Å²) in [6.07, 6.45) is -53.2. The number of hydrogen-bond donors (Lipinski definition) is 0. The lowest BCUT2D eigenvalue weighted by Crippen LogP contribution is -2.75. The lowest BCUT2D eigenvalue weighted by Gasteiger charge is -2.46. The molecule has 5 aromatic carbocycles. The zero-order valence-corrected chi connectivity index (χ0v) is 37.8. The molecule has 0 saturated heterocycles. The number of hydrogen-bond acceptors (Lipinski definition) is 4. The van der Waals surface area contributed by atoms with E-state index in [2.05, 4.69) is 0 Å². The smallest absolute Gasteiger partial charge is 0.416 e. The van der Waals surface area contributed by atoms with Crippen molar-refractivity contribution in [2.24, 2.45) is 0 Å². The first-order valence-corrected chi connectivity index (χ1v) is 20.9. The maximum atomic E-state index is 14.2. The van der Waals surface area contributed by atoms with Gasteiger partial charge in [0, 0.05) is 17.7 Å². The van der Waals surface area contributed by atoms with E-state index in [0.29, 0.717) is 5.56 Å². The molecule has 0 atom stereocenters. The molecule has 1 aromatic heterocycles. The number of Topliss-reactive ketones (excluding diaryl/α,β-unsaturated/α-hetero) is 1. The summed E-state index contributed by atoms with van der Waals surface area (Å²) in [5, 5.41) is 8.44. The number of pyridine rings is 1. The van der Waals surface area contributed by atoms with Gasteiger partial charge in [-0.3, -0.25) is 4.79 Å². The summed E-state index contributed by atoms with van der Waals surface area (Å²) in [4.78, 5) is 24.0. The van der Waals surface area contributed by atoms with Crippen LogP contribution < -0.4 is 26.4 Å². The lowest BCUT2D eigenvalue weighted by atomic mass is 9.12. The number of carbonyl (C=O) groups is 2. The largest absolute Gasteiger partial charge is 0.442 e. The van der Waals surface area contributed by atoms with Crippen molar-refractivity contribution in [1.82, 2.24) is 0 Å². The number of benzene rings is 5. The van der Waals surface area contributed by atoms with Gasteiger partial charge in [0.05, 0.1) is 44.5 Å². The van der Waals surface area contributed by atoms with E-state index in [9.17, 15) is 115 Å².